The molecule has 0 aliphatic rings. The van der Waals surface area contributed by atoms with Gasteiger partial charge in [0.2, 0.25) is 10.0 Å². The third-order valence-electron chi connectivity index (χ3n) is 3.85. The van der Waals surface area contributed by atoms with E-state index >= 15 is 0 Å². The Morgan fingerprint density at radius 2 is 1.90 bits per heavy atom. The Labute approximate surface area is 125 Å². The molecule has 1 aromatic carbocycles. The molecule has 0 amide bonds. The van der Waals surface area contributed by atoms with Crippen LogP contribution in [-0.4, -0.2) is 20.8 Å². The second kappa shape index (κ2) is 6.87. The van der Waals surface area contributed by atoms with Crippen molar-refractivity contribution in [2.75, 3.05) is 12.4 Å². The highest BCUT2D eigenvalue weighted by molar-refractivity contribution is 7.89. The molecule has 0 fully saturated rings. The van der Waals surface area contributed by atoms with E-state index in [9.17, 15) is 12.8 Å². The van der Waals surface area contributed by atoms with Gasteiger partial charge < -0.3 is 0 Å². The van der Waals surface area contributed by atoms with Crippen LogP contribution in [0.25, 0.3) is 0 Å². The molecule has 0 saturated heterocycles. The fraction of sp³-hybridized carbons (Fsp3) is 0.571. The Hall–Kier alpha value is -0.650. The Balaban J connectivity index is 2.96. The number of nitrogens with one attached hydrogen (secondary N) is 1. The van der Waals surface area contributed by atoms with Gasteiger partial charge in [0.1, 0.15) is 5.82 Å². The fourth-order valence-corrected chi connectivity index (χ4v) is 3.83. The van der Waals surface area contributed by atoms with Crippen LogP contribution in [0.3, 0.4) is 0 Å². The minimum Gasteiger partial charge on any atom is -0.211 e. The van der Waals surface area contributed by atoms with Gasteiger partial charge in [-0.1, -0.05) is 13.8 Å². The maximum absolute atomic E-state index is 13.0. The average Bonchev–Trinajstić information content (AvgIpc) is 2.40. The maximum Gasteiger partial charge on any atom is 0.240 e. The Morgan fingerprint density at radius 1 is 1.30 bits per heavy atom. The fourth-order valence-electron chi connectivity index (χ4n) is 1.98. The number of sulfonamides is 1. The normalized spacial score (nSPS) is 12.7. The minimum atomic E-state index is -3.65. The summed E-state index contributed by atoms with van der Waals surface area (Å²) in [4.78, 5) is 0.106. The lowest BCUT2D eigenvalue weighted by Crippen LogP contribution is -2.38. The predicted molar refractivity (Wildman–Crippen MR) is 80.1 cm³/mol. The number of alkyl halides is 1. The molecule has 0 heterocycles. The van der Waals surface area contributed by atoms with Crippen molar-refractivity contribution in [2.24, 2.45) is 5.41 Å². The van der Waals surface area contributed by atoms with Crippen LogP contribution in [0.4, 0.5) is 4.39 Å². The minimum absolute atomic E-state index is 0.106. The van der Waals surface area contributed by atoms with Gasteiger partial charge in [-0.3, -0.25) is 0 Å². The first-order valence-electron chi connectivity index (χ1n) is 6.62. The molecule has 1 rings (SSSR count). The second-order valence-corrected chi connectivity index (χ2v) is 7.08. The van der Waals surface area contributed by atoms with Crippen LogP contribution in [0.2, 0.25) is 0 Å². The first kappa shape index (κ1) is 17.4. The molecule has 1 N–H and O–H groups in total. The van der Waals surface area contributed by atoms with Crippen molar-refractivity contribution < 1.29 is 12.8 Å². The number of hydrogen-bond donors (Lipinski definition) is 1. The van der Waals surface area contributed by atoms with Crippen LogP contribution in [0, 0.1) is 18.2 Å². The summed E-state index contributed by atoms with van der Waals surface area (Å²) >= 11 is 5.97. The summed E-state index contributed by atoms with van der Waals surface area (Å²) in [6.07, 6.45) is 1.58. The number of halogens is 2. The number of rotatable bonds is 7. The molecule has 0 bridgehead atoms. The van der Waals surface area contributed by atoms with Crippen LogP contribution in [-0.2, 0) is 10.0 Å². The van der Waals surface area contributed by atoms with Crippen LogP contribution >= 0.6 is 11.6 Å². The molecule has 3 nitrogen and oxygen atoms in total. The van der Waals surface area contributed by atoms with E-state index in [0.717, 1.165) is 18.9 Å². The molecule has 0 aromatic heterocycles. The molecule has 0 radical (unpaired) electrons. The molecule has 1 aromatic rings. The number of hydrogen-bond acceptors (Lipinski definition) is 2. The zero-order valence-corrected chi connectivity index (χ0v) is 13.6. The third-order valence-corrected chi connectivity index (χ3v) is 5.98. The summed E-state index contributed by atoms with van der Waals surface area (Å²) in [6, 6.07) is 3.65. The van der Waals surface area contributed by atoms with Crippen LogP contribution < -0.4 is 4.72 Å². The number of aryl methyl sites for hydroxylation is 1. The molecular formula is C14H21ClFNO2S. The molecule has 0 spiro atoms. The molecule has 0 aliphatic carbocycles. The lowest BCUT2D eigenvalue weighted by Gasteiger charge is -2.29. The summed E-state index contributed by atoms with van der Waals surface area (Å²) < 4.78 is 40.2. The molecular weight excluding hydrogens is 301 g/mol. The van der Waals surface area contributed by atoms with E-state index in [2.05, 4.69) is 4.72 Å². The van der Waals surface area contributed by atoms with Gasteiger partial charge in [-0.05, 0) is 48.9 Å². The van der Waals surface area contributed by atoms with Crippen molar-refractivity contribution in [1.29, 1.82) is 0 Å². The van der Waals surface area contributed by atoms with Crippen molar-refractivity contribution >= 4 is 21.6 Å². The summed E-state index contributed by atoms with van der Waals surface area (Å²) in [5.74, 6) is -0.0519. The smallest absolute Gasteiger partial charge is 0.211 e. The van der Waals surface area contributed by atoms with Gasteiger partial charge in [0.05, 0.1) is 4.90 Å². The molecule has 114 valence electrons. The van der Waals surface area contributed by atoms with E-state index in [-0.39, 0.29) is 16.9 Å². The van der Waals surface area contributed by atoms with E-state index in [0.29, 0.717) is 11.4 Å². The van der Waals surface area contributed by atoms with Gasteiger partial charge in [-0.25, -0.2) is 17.5 Å². The Kier molecular flexibility index (Phi) is 5.98. The summed E-state index contributed by atoms with van der Waals surface area (Å²) in [5.41, 5.74) is 0.143. The van der Waals surface area contributed by atoms with Gasteiger partial charge in [0.25, 0.3) is 0 Å². The monoisotopic (exact) mass is 321 g/mol. The zero-order valence-electron chi connectivity index (χ0n) is 12.0. The van der Waals surface area contributed by atoms with E-state index in [1.165, 1.54) is 12.1 Å². The molecule has 0 aliphatic heterocycles. The second-order valence-electron chi connectivity index (χ2n) is 5.08. The lowest BCUT2D eigenvalue weighted by molar-refractivity contribution is 0.304. The zero-order chi connectivity index (χ0) is 15.4. The maximum atomic E-state index is 13.0. The Morgan fingerprint density at radius 3 is 2.35 bits per heavy atom. The molecule has 6 heteroatoms. The topological polar surface area (TPSA) is 46.2 Å². The largest absolute Gasteiger partial charge is 0.240 e. The lowest BCUT2D eigenvalue weighted by atomic mass is 9.85. The molecule has 0 unspecified atom stereocenters. The van der Waals surface area contributed by atoms with E-state index in [4.69, 9.17) is 11.6 Å². The van der Waals surface area contributed by atoms with Gasteiger partial charge >= 0.3 is 0 Å². The first-order chi connectivity index (χ1) is 9.30. The van der Waals surface area contributed by atoms with Crippen LogP contribution in [0.5, 0.6) is 0 Å². The third kappa shape index (κ3) is 3.93. The van der Waals surface area contributed by atoms with E-state index < -0.39 is 15.8 Å². The van der Waals surface area contributed by atoms with Crippen LogP contribution in [0.1, 0.15) is 32.3 Å². The highest BCUT2D eigenvalue weighted by atomic mass is 35.5. The predicted octanol–water partition coefficient (Wildman–Crippen LogP) is 3.46. The van der Waals surface area contributed by atoms with Crippen molar-refractivity contribution in [1.82, 2.24) is 4.72 Å². The highest BCUT2D eigenvalue weighted by Gasteiger charge is 2.28. The van der Waals surface area contributed by atoms with Crippen LogP contribution in [0.15, 0.2) is 23.1 Å². The van der Waals surface area contributed by atoms with Gasteiger partial charge in [0.15, 0.2) is 0 Å². The standard InChI is InChI=1S/C14H21ClFNO2S/c1-4-14(5-2,9-15)10-17-20(18,19)13-7-6-12(16)8-11(13)3/h6-8,17H,4-5,9-10H2,1-3H3. The first-order valence-corrected chi connectivity index (χ1v) is 8.64. The average molecular weight is 322 g/mol. The highest BCUT2D eigenvalue weighted by Crippen LogP contribution is 2.28. The quantitative estimate of drug-likeness (QED) is 0.782. The van der Waals surface area contributed by atoms with Gasteiger partial charge in [0, 0.05) is 12.4 Å². The van der Waals surface area contributed by atoms with Crippen molar-refractivity contribution in [3.8, 4) is 0 Å². The number of benzene rings is 1. The summed E-state index contributed by atoms with van der Waals surface area (Å²) in [6.45, 7) is 5.83. The SMILES string of the molecule is CCC(CC)(CCl)CNS(=O)(=O)c1ccc(F)cc1C. The molecule has 20 heavy (non-hydrogen) atoms. The Bertz CT molecular complexity index is 548. The summed E-state index contributed by atoms with van der Waals surface area (Å²) in [7, 11) is -3.65. The van der Waals surface area contributed by atoms with Crippen molar-refractivity contribution in [3.05, 3.63) is 29.6 Å². The summed E-state index contributed by atoms with van der Waals surface area (Å²) in [5, 5.41) is 0. The van der Waals surface area contributed by atoms with E-state index in [1.807, 2.05) is 13.8 Å². The van der Waals surface area contributed by atoms with E-state index in [1.54, 1.807) is 6.92 Å². The van der Waals surface area contributed by atoms with Crippen molar-refractivity contribution in [3.63, 3.8) is 0 Å². The van der Waals surface area contributed by atoms with Crippen molar-refractivity contribution in [2.45, 2.75) is 38.5 Å². The molecule has 0 saturated carbocycles. The van der Waals surface area contributed by atoms with Gasteiger partial charge in [-0.15, -0.1) is 11.6 Å². The molecule has 0 atom stereocenters. The van der Waals surface area contributed by atoms with Gasteiger partial charge in [-0.2, -0.15) is 0 Å².